The Kier molecular flexibility index (Phi) is 7.41. The van der Waals surface area contributed by atoms with Crippen molar-refractivity contribution in [3.8, 4) is 5.75 Å². The van der Waals surface area contributed by atoms with E-state index >= 15 is 0 Å². The Balaban J connectivity index is 1.37. The van der Waals surface area contributed by atoms with Crippen molar-refractivity contribution in [2.75, 3.05) is 11.9 Å². The molecule has 148 valence electrons. The van der Waals surface area contributed by atoms with Gasteiger partial charge in [-0.1, -0.05) is 60.7 Å². The molecule has 0 radical (unpaired) electrons. The van der Waals surface area contributed by atoms with Crippen LogP contribution in [-0.4, -0.2) is 18.4 Å². The van der Waals surface area contributed by atoms with Gasteiger partial charge in [0.2, 0.25) is 11.8 Å². The summed E-state index contributed by atoms with van der Waals surface area (Å²) in [4.78, 5) is 24.0. The van der Waals surface area contributed by atoms with Gasteiger partial charge in [0.1, 0.15) is 18.8 Å². The molecule has 0 bridgehead atoms. The summed E-state index contributed by atoms with van der Waals surface area (Å²) >= 11 is 0. The highest BCUT2D eigenvalue weighted by atomic mass is 16.5. The zero-order valence-electron chi connectivity index (χ0n) is 16.1. The van der Waals surface area contributed by atoms with Gasteiger partial charge in [0.25, 0.3) is 0 Å². The Bertz CT molecular complexity index is 910. The molecule has 0 fully saturated rings. The first kappa shape index (κ1) is 20.1. The summed E-state index contributed by atoms with van der Waals surface area (Å²) in [6.45, 7) is 0.985. The summed E-state index contributed by atoms with van der Waals surface area (Å²) in [6, 6.07) is 26.9. The number of anilines is 1. The van der Waals surface area contributed by atoms with Crippen molar-refractivity contribution in [3.05, 3.63) is 96.1 Å². The van der Waals surface area contributed by atoms with E-state index in [0.717, 1.165) is 17.5 Å². The molecule has 3 aromatic rings. The lowest BCUT2D eigenvalue weighted by molar-refractivity contribution is -0.126. The second-order valence-corrected chi connectivity index (χ2v) is 6.61. The third kappa shape index (κ3) is 7.14. The molecule has 0 atom stereocenters. The molecule has 2 N–H and O–H groups in total. The number of ether oxygens (including phenoxy) is 1. The molecule has 5 heteroatoms. The van der Waals surface area contributed by atoms with Gasteiger partial charge in [-0.2, -0.15) is 0 Å². The predicted octanol–water partition coefficient (Wildman–Crippen LogP) is 3.95. The molecule has 5 nitrogen and oxygen atoms in total. The number of hydrogen-bond acceptors (Lipinski definition) is 3. The quantitative estimate of drug-likeness (QED) is 0.546. The van der Waals surface area contributed by atoms with Gasteiger partial charge in [-0.15, -0.1) is 0 Å². The average Bonchev–Trinajstić information content (AvgIpc) is 2.74. The summed E-state index contributed by atoms with van der Waals surface area (Å²) in [7, 11) is 0. The smallest absolute Gasteiger partial charge is 0.233 e. The van der Waals surface area contributed by atoms with Gasteiger partial charge in [0.05, 0.1) is 0 Å². The van der Waals surface area contributed by atoms with Crippen molar-refractivity contribution < 1.29 is 14.3 Å². The normalized spacial score (nSPS) is 10.2. The maximum atomic E-state index is 12.0. The van der Waals surface area contributed by atoms with E-state index in [0.29, 0.717) is 24.6 Å². The zero-order chi connectivity index (χ0) is 20.3. The first-order valence-electron chi connectivity index (χ1n) is 9.56. The Hall–Kier alpha value is -3.60. The molecule has 0 unspecified atom stereocenters. The summed E-state index contributed by atoms with van der Waals surface area (Å²) < 4.78 is 5.72. The maximum absolute atomic E-state index is 12.0. The van der Waals surface area contributed by atoms with Crippen molar-refractivity contribution in [1.29, 1.82) is 0 Å². The summed E-state index contributed by atoms with van der Waals surface area (Å²) in [6.07, 6.45) is 0.527. The van der Waals surface area contributed by atoms with E-state index in [1.54, 1.807) is 24.3 Å². The lowest BCUT2D eigenvalue weighted by Crippen LogP contribution is -2.29. The second-order valence-electron chi connectivity index (χ2n) is 6.61. The van der Waals surface area contributed by atoms with Gasteiger partial charge in [0, 0.05) is 12.2 Å². The number of rotatable bonds is 9. The van der Waals surface area contributed by atoms with Crippen LogP contribution in [0, 0.1) is 0 Å². The molecule has 0 aromatic heterocycles. The van der Waals surface area contributed by atoms with Crippen LogP contribution in [0.15, 0.2) is 84.9 Å². The number of amides is 2. The molecule has 0 aliphatic heterocycles. The third-order valence-corrected chi connectivity index (χ3v) is 4.29. The average molecular weight is 388 g/mol. The van der Waals surface area contributed by atoms with Gasteiger partial charge in [0.15, 0.2) is 0 Å². The molecule has 2 amide bonds. The predicted molar refractivity (Wildman–Crippen MR) is 114 cm³/mol. The molecule has 0 saturated carbocycles. The van der Waals surface area contributed by atoms with Crippen LogP contribution in [0.5, 0.6) is 5.75 Å². The van der Waals surface area contributed by atoms with Crippen LogP contribution in [-0.2, 0) is 22.6 Å². The van der Waals surface area contributed by atoms with Gasteiger partial charge >= 0.3 is 0 Å². The van der Waals surface area contributed by atoms with E-state index < -0.39 is 0 Å². The third-order valence-electron chi connectivity index (χ3n) is 4.29. The monoisotopic (exact) mass is 388 g/mol. The number of benzene rings is 3. The molecule has 0 saturated heterocycles. The van der Waals surface area contributed by atoms with Crippen LogP contribution in [0.2, 0.25) is 0 Å². The summed E-state index contributed by atoms with van der Waals surface area (Å²) in [5.41, 5.74) is 2.86. The van der Waals surface area contributed by atoms with Crippen LogP contribution in [0.3, 0.4) is 0 Å². The van der Waals surface area contributed by atoms with Crippen molar-refractivity contribution in [2.45, 2.75) is 19.4 Å². The summed E-state index contributed by atoms with van der Waals surface area (Å²) in [5, 5.41) is 5.50. The lowest BCUT2D eigenvalue weighted by Gasteiger charge is -2.09. The largest absolute Gasteiger partial charge is 0.489 e. The van der Waals surface area contributed by atoms with Crippen LogP contribution < -0.4 is 15.4 Å². The zero-order valence-corrected chi connectivity index (χ0v) is 16.1. The van der Waals surface area contributed by atoms with E-state index in [1.807, 2.05) is 60.7 Å². The van der Waals surface area contributed by atoms with Gasteiger partial charge in [-0.3, -0.25) is 9.59 Å². The molecule has 0 spiro atoms. The fraction of sp³-hybridized carbons (Fsp3) is 0.167. The molecule has 0 aliphatic carbocycles. The van der Waals surface area contributed by atoms with E-state index in [-0.39, 0.29) is 18.2 Å². The van der Waals surface area contributed by atoms with E-state index in [9.17, 15) is 9.59 Å². The molecule has 0 aliphatic rings. The standard InChI is InChI=1S/C24H24N2O3/c27-23(25-16-15-19-7-3-1-4-8-19)17-24(28)26-21-11-13-22(14-12-21)29-18-20-9-5-2-6-10-20/h1-14H,15-18H2,(H,25,27)(H,26,28). The van der Waals surface area contributed by atoms with E-state index in [4.69, 9.17) is 4.74 Å². The maximum Gasteiger partial charge on any atom is 0.233 e. The molecule has 0 heterocycles. The number of nitrogens with one attached hydrogen (secondary N) is 2. The minimum Gasteiger partial charge on any atom is -0.489 e. The first-order chi connectivity index (χ1) is 14.2. The fourth-order valence-electron chi connectivity index (χ4n) is 2.78. The van der Waals surface area contributed by atoms with Crippen LogP contribution >= 0.6 is 0 Å². The van der Waals surface area contributed by atoms with Crippen LogP contribution in [0.25, 0.3) is 0 Å². The fourth-order valence-corrected chi connectivity index (χ4v) is 2.78. The first-order valence-corrected chi connectivity index (χ1v) is 9.56. The topological polar surface area (TPSA) is 67.4 Å². The Morgan fingerprint density at radius 1 is 0.724 bits per heavy atom. The highest BCUT2D eigenvalue weighted by Crippen LogP contribution is 2.17. The molecule has 29 heavy (non-hydrogen) atoms. The Morgan fingerprint density at radius 3 is 2.00 bits per heavy atom. The van der Waals surface area contributed by atoms with Crippen molar-refractivity contribution in [3.63, 3.8) is 0 Å². The van der Waals surface area contributed by atoms with E-state index in [2.05, 4.69) is 10.6 Å². The Labute approximate surface area is 170 Å². The number of carbonyl (C=O) groups is 2. The van der Waals surface area contributed by atoms with Crippen molar-refractivity contribution >= 4 is 17.5 Å². The summed E-state index contributed by atoms with van der Waals surface area (Å²) in [5.74, 6) is 0.0758. The molecule has 3 aromatic carbocycles. The minimum absolute atomic E-state index is 0.207. The van der Waals surface area contributed by atoms with Crippen LogP contribution in [0.4, 0.5) is 5.69 Å². The van der Waals surface area contributed by atoms with Crippen molar-refractivity contribution in [2.24, 2.45) is 0 Å². The van der Waals surface area contributed by atoms with E-state index in [1.165, 1.54) is 0 Å². The highest BCUT2D eigenvalue weighted by Gasteiger charge is 2.09. The van der Waals surface area contributed by atoms with Crippen LogP contribution in [0.1, 0.15) is 17.5 Å². The SMILES string of the molecule is O=C(CC(=O)Nc1ccc(OCc2ccccc2)cc1)NCCc1ccccc1. The van der Waals surface area contributed by atoms with Gasteiger partial charge in [-0.05, 0) is 41.8 Å². The Morgan fingerprint density at radius 2 is 1.34 bits per heavy atom. The molecular weight excluding hydrogens is 364 g/mol. The van der Waals surface area contributed by atoms with Crippen molar-refractivity contribution in [1.82, 2.24) is 5.32 Å². The number of hydrogen-bond donors (Lipinski definition) is 2. The van der Waals surface area contributed by atoms with Gasteiger partial charge < -0.3 is 15.4 Å². The molecule has 3 rings (SSSR count). The lowest BCUT2D eigenvalue weighted by atomic mass is 10.1. The second kappa shape index (κ2) is 10.7. The van der Waals surface area contributed by atoms with Gasteiger partial charge in [-0.25, -0.2) is 0 Å². The number of carbonyl (C=O) groups excluding carboxylic acids is 2. The highest BCUT2D eigenvalue weighted by molar-refractivity contribution is 6.03. The molecular formula is C24H24N2O3. The minimum atomic E-state index is -0.347.